The summed E-state index contributed by atoms with van der Waals surface area (Å²) < 4.78 is 1.48. The van der Waals surface area contributed by atoms with Crippen LogP contribution in [0.1, 0.15) is 0 Å². The lowest BCUT2D eigenvalue weighted by Gasteiger charge is -2.00. The largest absolute Gasteiger partial charge is 0.480 e. The van der Waals surface area contributed by atoms with E-state index in [-0.39, 0.29) is 6.54 Å². The molecule has 1 rings (SSSR count). The van der Waals surface area contributed by atoms with E-state index in [1.54, 1.807) is 12.4 Å². The summed E-state index contributed by atoms with van der Waals surface area (Å²) in [6, 6.07) is 0. The SMILES string of the molecule is O=C(O)CNn1ccnc1. The highest BCUT2D eigenvalue weighted by Gasteiger charge is 1.93. The van der Waals surface area contributed by atoms with Gasteiger partial charge in [0.05, 0.1) is 0 Å². The fraction of sp³-hybridized carbons (Fsp3) is 0.200. The fourth-order valence-corrected chi connectivity index (χ4v) is 0.512. The Morgan fingerprint density at radius 3 is 3.10 bits per heavy atom. The Morgan fingerprint density at radius 1 is 1.80 bits per heavy atom. The second-order valence-corrected chi connectivity index (χ2v) is 1.70. The van der Waals surface area contributed by atoms with Crippen molar-refractivity contribution in [1.29, 1.82) is 0 Å². The Labute approximate surface area is 57.3 Å². The van der Waals surface area contributed by atoms with Gasteiger partial charge in [0.2, 0.25) is 0 Å². The fourth-order valence-electron chi connectivity index (χ4n) is 0.512. The van der Waals surface area contributed by atoms with E-state index in [0.29, 0.717) is 0 Å². The summed E-state index contributed by atoms with van der Waals surface area (Å²) in [5, 5.41) is 8.22. The summed E-state index contributed by atoms with van der Waals surface area (Å²) in [6.45, 7) is -0.101. The molecular weight excluding hydrogens is 134 g/mol. The standard InChI is InChI=1S/C5H7N3O2/c9-5(10)3-7-8-2-1-6-4-8/h1-2,4,7H,3H2,(H,9,10). The van der Waals surface area contributed by atoms with Crippen LogP contribution in [0, 0.1) is 0 Å². The maximum Gasteiger partial charge on any atom is 0.324 e. The topological polar surface area (TPSA) is 67.2 Å². The second-order valence-electron chi connectivity index (χ2n) is 1.70. The molecule has 0 saturated carbocycles. The van der Waals surface area contributed by atoms with E-state index < -0.39 is 5.97 Å². The van der Waals surface area contributed by atoms with Crippen molar-refractivity contribution in [2.75, 3.05) is 12.0 Å². The van der Waals surface area contributed by atoms with E-state index in [0.717, 1.165) is 0 Å². The lowest BCUT2D eigenvalue weighted by molar-refractivity contribution is -0.135. The van der Waals surface area contributed by atoms with Crippen LogP contribution in [0.5, 0.6) is 0 Å². The Kier molecular flexibility index (Phi) is 1.89. The zero-order valence-corrected chi connectivity index (χ0v) is 5.19. The van der Waals surface area contributed by atoms with Crippen LogP contribution in [-0.2, 0) is 4.79 Å². The van der Waals surface area contributed by atoms with Crippen molar-refractivity contribution in [3.8, 4) is 0 Å². The number of rotatable bonds is 3. The van der Waals surface area contributed by atoms with E-state index >= 15 is 0 Å². The average Bonchev–Trinajstić information content (AvgIpc) is 2.34. The van der Waals surface area contributed by atoms with E-state index in [9.17, 15) is 4.79 Å². The number of nitrogens with zero attached hydrogens (tertiary/aromatic N) is 2. The summed E-state index contributed by atoms with van der Waals surface area (Å²) in [5.74, 6) is -0.895. The molecule has 54 valence electrons. The van der Waals surface area contributed by atoms with Crippen LogP contribution in [0.25, 0.3) is 0 Å². The molecule has 0 spiro atoms. The molecule has 0 radical (unpaired) electrons. The van der Waals surface area contributed by atoms with Gasteiger partial charge in [0, 0.05) is 12.4 Å². The van der Waals surface area contributed by atoms with Crippen LogP contribution >= 0.6 is 0 Å². The van der Waals surface area contributed by atoms with Gasteiger partial charge < -0.3 is 10.5 Å². The minimum absolute atomic E-state index is 0.101. The third-order valence-corrected chi connectivity index (χ3v) is 0.917. The lowest BCUT2D eigenvalue weighted by atomic mass is 10.7. The molecular formula is C5H7N3O2. The predicted molar refractivity (Wildman–Crippen MR) is 34.1 cm³/mol. The summed E-state index contributed by atoms with van der Waals surface area (Å²) >= 11 is 0. The summed E-state index contributed by atoms with van der Waals surface area (Å²) in [6.07, 6.45) is 4.68. The van der Waals surface area contributed by atoms with Gasteiger partial charge >= 0.3 is 5.97 Å². The van der Waals surface area contributed by atoms with Gasteiger partial charge in [-0.1, -0.05) is 0 Å². The normalized spacial score (nSPS) is 9.20. The second kappa shape index (κ2) is 2.86. The molecule has 1 aromatic heterocycles. The van der Waals surface area contributed by atoms with Crippen LogP contribution in [-0.4, -0.2) is 27.3 Å². The highest BCUT2D eigenvalue weighted by Crippen LogP contribution is 1.77. The highest BCUT2D eigenvalue weighted by molar-refractivity contribution is 5.70. The van der Waals surface area contributed by atoms with Crippen molar-refractivity contribution in [3.05, 3.63) is 18.7 Å². The smallest absolute Gasteiger partial charge is 0.324 e. The van der Waals surface area contributed by atoms with Gasteiger partial charge in [-0.05, 0) is 0 Å². The molecule has 10 heavy (non-hydrogen) atoms. The van der Waals surface area contributed by atoms with Crippen molar-refractivity contribution in [2.24, 2.45) is 0 Å². The number of aromatic nitrogens is 2. The van der Waals surface area contributed by atoms with E-state index in [2.05, 4.69) is 10.4 Å². The van der Waals surface area contributed by atoms with Crippen molar-refractivity contribution < 1.29 is 9.90 Å². The molecule has 5 nitrogen and oxygen atoms in total. The Morgan fingerprint density at radius 2 is 2.60 bits per heavy atom. The first kappa shape index (κ1) is 6.60. The van der Waals surface area contributed by atoms with Gasteiger partial charge in [-0.2, -0.15) is 0 Å². The van der Waals surface area contributed by atoms with E-state index in [4.69, 9.17) is 5.11 Å². The molecule has 2 N–H and O–H groups in total. The quantitative estimate of drug-likeness (QED) is 0.596. The Balaban J connectivity index is 2.35. The maximum absolute atomic E-state index is 10.00. The first-order chi connectivity index (χ1) is 4.79. The van der Waals surface area contributed by atoms with Gasteiger partial charge in [-0.25, -0.2) is 4.98 Å². The number of hydrogen-bond acceptors (Lipinski definition) is 3. The van der Waals surface area contributed by atoms with Crippen molar-refractivity contribution in [3.63, 3.8) is 0 Å². The number of carboxylic acid groups (broad SMARTS) is 1. The summed E-state index contributed by atoms with van der Waals surface area (Å²) in [4.78, 5) is 13.7. The molecule has 5 heteroatoms. The van der Waals surface area contributed by atoms with Gasteiger partial charge in [0.25, 0.3) is 0 Å². The third-order valence-electron chi connectivity index (χ3n) is 0.917. The zero-order valence-electron chi connectivity index (χ0n) is 5.19. The molecule has 0 fully saturated rings. The third kappa shape index (κ3) is 1.77. The first-order valence-electron chi connectivity index (χ1n) is 2.72. The minimum atomic E-state index is -0.895. The first-order valence-corrected chi connectivity index (χ1v) is 2.72. The molecule has 0 aliphatic carbocycles. The molecule has 0 unspecified atom stereocenters. The van der Waals surface area contributed by atoms with Crippen molar-refractivity contribution >= 4 is 5.97 Å². The van der Waals surface area contributed by atoms with Crippen molar-refractivity contribution in [1.82, 2.24) is 9.66 Å². The number of carboxylic acids is 1. The Bertz CT molecular complexity index is 207. The molecule has 0 amide bonds. The van der Waals surface area contributed by atoms with Crippen LogP contribution in [0.4, 0.5) is 0 Å². The number of nitrogens with one attached hydrogen (secondary N) is 1. The maximum atomic E-state index is 10.00. The van der Waals surface area contributed by atoms with Gasteiger partial charge in [0.15, 0.2) is 0 Å². The monoisotopic (exact) mass is 141 g/mol. The molecule has 1 aromatic rings. The van der Waals surface area contributed by atoms with Gasteiger partial charge in [0.1, 0.15) is 12.9 Å². The molecule has 0 aliphatic rings. The molecule has 0 aliphatic heterocycles. The van der Waals surface area contributed by atoms with Crippen LogP contribution in [0.15, 0.2) is 18.7 Å². The summed E-state index contributed by atoms with van der Waals surface area (Å²) in [7, 11) is 0. The average molecular weight is 141 g/mol. The number of imidazole rings is 1. The van der Waals surface area contributed by atoms with Gasteiger partial charge in [-0.15, -0.1) is 0 Å². The minimum Gasteiger partial charge on any atom is -0.480 e. The van der Waals surface area contributed by atoms with Crippen molar-refractivity contribution in [2.45, 2.75) is 0 Å². The van der Waals surface area contributed by atoms with E-state index in [1.807, 2.05) is 0 Å². The molecule has 0 bridgehead atoms. The highest BCUT2D eigenvalue weighted by atomic mass is 16.4. The van der Waals surface area contributed by atoms with E-state index in [1.165, 1.54) is 11.0 Å². The van der Waals surface area contributed by atoms with Gasteiger partial charge in [-0.3, -0.25) is 9.47 Å². The van der Waals surface area contributed by atoms with Crippen LogP contribution in [0.2, 0.25) is 0 Å². The number of aliphatic carboxylic acids is 1. The van der Waals surface area contributed by atoms with Crippen LogP contribution < -0.4 is 5.43 Å². The zero-order chi connectivity index (χ0) is 7.40. The number of carbonyl (C=O) groups is 1. The molecule has 0 aromatic carbocycles. The Hall–Kier alpha value is -1.52. The summed E-state index contributed by atoms with van der Waals surface area (Å²) in [5.41, 5.74) is 2.58. The van der Waals surface area contributed by atoms with Crippen LogP contribution in [0.3, 0.4) is 0 Å². The number of hydrogen-bond donors (Lipinski definition) is 2. The predicted octanol–water partition coefficient (Wildman–Crippen LogP) is -0.489. The molecule has 1 heterocycles. The lowest BCUT2D eigenvalue weighted by Crippen LogP contribution is -2.20. The molecule has 0 saturated heterocycles. The molecule has 0 atom stereocenters.